The molecule has 2 unspecified atom stereocenters. The number of carbonyl (C=O) groups is 3. The maximum absolute atomic E-state index is 12.8. The molecule has 0 aromatic rings. The van der Waals surface area contributed by atoms with E-state index in [1.54, 1.807) is 0 Å². The van der Waals surface area contributed by atoms with Crippen LogP contribution >= 0.6 is 0 Å². The van der Waals surface area contributed by atoms with Crippen molar-refractivity contribution in [3.05, 3.63) is 48.6 Å². The maximum Gasteiger partial charge on any atom is 0.362 e. The number of allylic oxidation sites excluding steroid dienone is 8. The molecule has 0 saturated carbocycles. The third kappa shape index (κ3) is 46.2. The molecule has 0 aliphatic rings. The van der Waals surface area contributed by atoms with Gasteiger partial charge in [0.15, 0.2) is 12.1 Å². The summed E-state index contributed by atoms with van der Waals surface area (Å²) in [6.45, 7) is 4.65. The number of rotatable bonds is 49. The summed E-state index contributed by atoms with van der Waals surface area (Å²) in [5.74, 6) is -1.47. The largest absolute Gasteiger partial charge is 0.477 e. The first-order valence-electron chi connectivity index (χ1n) is 27.2. The predicted octanol–water partition coefficient (Wildman–Crippen LogP) is 15.9. The van der Waals surface area contributed by atoms with Crippen LogP contribution < -0.4 is 0 Å². The zero-order chi connectivity index (χ0) is 47.7. The van der Waals surface area contributed by atoms with Crippen molar-refractivity contribution in [3.63, 3.8) is 0 Å². The number of hydrogen-bond donors (Lipinski definition) is 1. The molecule has 0 radical (unpaired) electrons. The third-order valence-electron chi connectivity index (χ3n) is 12.2. The Morgan fingerprint density at radius 1 is 0.477 bits per heavy atom. The van der Waals surface area contributed by atoms with Crippen molar-refractivity contribution in [1.82, 2.24) is 0 Å². The second-order valence-corrected chi connectivity index (χ2v) is 19.5. The van der Waals surface area contributed by atoms with Crippen molar-refractivity contribution < 1.29 is 38.2 Å². The number of quaternary nitrogens is 1. The van der Waals surface area contributed by atoms with E-state index in [-0.39, 0.29) is 36.2 Å². The Morgan fingerprint density at radius 2 is 0.862 bits per heavy atom. The Hall–Kier alpha value is -2.71. The number of esters is 2. The minimum absolute atomic E-state index is 0.0547. The number of carboxylic acids is 1. The van der Waals surface area contributed by atoms with Gasteiger partial charge in [0.25, 0.3) is 0 Å². The maximum atomic E-state index is 12.8. The topological polar surface area (TPSA) is 99.1 Å². The number of carbonyl (C=O) groups excluding carboxylic acids is 2. The van der Waals surface area contributed by atoms with Gasteiger partial charge in [0.1, 0.15) is 6.61 Å². The lowest BCUT2D eigenvalue weighted by molar-refractivity contribution is -0.887. The number of aliphatic carboxylic acids is 1. The standard InChI is InChI=1S/C57H103NO7/c1-6-8-10-12-14-16-18-20-22-24-26-27-28-30-31-33-35-37-39-41-43-45-47-55(59)64-52-53(51-63-50-49-54(57(61)62)58(3,4)5)65-56(60)48-46-44-42-40-38-36-34-32-29-25-23-21-19-17-15-13-11-9-7-2/h9,11,15,17,21,23,29,32,53-54H,6-8,10,12-14,16,18-20,22,24-28,30-31,33-52H2,1-5H3/p+1/b11-9+,17-15+,23-21+,32-29+. The number of unbranched alkanes of at least 4 members (excludes halogenated alkanes) is 27. The van der Waals surface area contributed by atoms with Crippen molar-refractivity contribution in [1.29, 1.82) is 0 Å². The minimum atomic E-state index is -0.876. The van der Waals surface area contributed by atoms with Crippen molar-refractivity contribution in [2.45, 2.75) is 257 Å². The van der Waals surface area contributed by atoms with Crippen LogP contribution in [-0.4, -0.2) is 80.6 Å². The summed E-state index contributed by atoms with van der Waals surface area (Å²) in [7, 11) is 5.54. The van der Waals surface area contributed by atoms with E-state index in [1.165, 1.54) is 135 Å². The monoisotopic (exact) mass is 915 g/mol. The van der Waals surface area contributed by atoms with Gasteiger partial charge in [0.05, 0.1) is 34.4 Å². The van der Waals surface area contributed by atoms with Gasteiger partial charge in [-0.25, -0.2) is 4.79 Å². The molecule has 0 amide bonds. The normalized spacial score (nSPS) is 13.2. The van der Waals surface area contributed by atoms with E-state index in [0.717, 1.165) is 77.0 Å². The van der Waals surface area contributed by atoms with Crippen molar-refractivity contribution in [2.75, 3.05) is 41.0 Å². The molecule has 0 aliphatic heterocycles. The highest BCUT2D eigenvalue weighted by atomic mass is 16.6. The summed E-state index contributed by atoms with van der Waals surface area (Å²) in [5, 5.41) is 9.66. The number of nitrogens with zero attached hydrogens (tertiary/aromatic N) is 1. The molecule has 0 aromatic heterocycles. The highest BCUT2D eigenvalue weighted by Crippen LogP contribution is 2.17. The quantitative estimate of drug-likeness (QED) is 0.0281. The Bertz CT molecular complexity index is 1200. The molecule has 0 bridgehead atoms. The fraction of sp³-hybridized carbons (Fsp3) is 0.807. The highest BCUT2D eigenvalue weighted by Gasteiger charge is 2.31. The Labute approximate surface area is 401 Å². The number of hydrogen-bond acceptors (Lipinski definition) is 6. The summed E-state index contributed by atoms with van der Waals surface area (Å²) in [5.41, 5.74) is 0. The van der Waals surface area contributed by atoms with Crippen molar-refractivity contribution in [3.8, 4) is 0 Å². The van der Waals surface area contributed by atoms with Crippen LogP contribution in [-0.2, 0) is 28.6 Å². The van der Waals surface area contributed by atoms with Crippen LogP contribution in [0, 0.1) is 0 Å². The summed E-state index contributed by atoms with van der Waals surface area (Å²) in [6.07, 6.45) is 58.8. The summed E-state index contributed by atoms with van der Waals surface area (Å²) < 4.78 is 17.4. The average Bonchev–Trinajstić information content (AvgIpc) is 3.27. The molecule has 0 fully saturated rings. The van der Waals surface area contributed by atoms with E-state index in [0.29, 0.717) is 19.3 Å². The summed E-state index contributed by atoms with van der Waals surface area (Å²) >= 11 is 0. The molecule has 0 spiro atoms. The third-order valence-corrected chi connectivity index (χ3v) is 12.2. The molecule has 1 N–H and O–H groups in total. The highest BCUT2D eigenvalue weighted by molar-refractivity contribution is 5.72. The Morgan fingerprint density at radius 3 is 1.28 bits per heavy atom. The summed E-state index contributed by atoms with van der Waals surface area (Å²) in [4.78, 5) is 37.2. The molecule has 0 rings (SSSR count). The van der Waals surface area contributed by atoms with Crippen LogP contribution in [0.1, 0.15) is 245 Å². The molecule has 8 nitrogen and oxygen atoms in total. The van der Waals surface area contributed by atoms with Crippen LogP contribution in [0.4, 0.5) is 0 Å². The molecule has 0 heterocycles. The van der Waals surface area contributed by atoms with Crippen LogP contribution in [0.25, 0.3) is 0 Å². The molecule has 65 heavy (non-hydrogen) atoms. The molecular formula is C57H104NO7+. The summed E-state index contributed by atoms with van der Waals surface area (Å²) in [6, 6.07) is -0.618. The first-order valence-corrected chi connectivity index (χ1v) is 27.2. The van der Waals surface area contributed by atoms with Crippen LogP contribution in [0.2, 0.25) is 0 Å². The first kappa shape index (κ1) is 62.3. The Balaban J connectivity index is 4.20. The fourth-order valence-corrected chi connectivity index (χ4v) is 8.09. The molecule has 2 atom stereocenters. The van der Waals surface area contributed by atoms with Gasteiger partial charge in [0, 0.05) is 19.3 Å². The minimum Gasteiger partial charge on any atom is -0.477 e. The van der Waals surface area contributed by atoms with E-state index in [2.05, 4.69) is 62.5 Å². The molecule has 0 aliphatic carbocycles. The van der Waals surface area contributed by atoms with Crippen molar-refractivity contribution in [2.24, 2.45) is 0 Å². The molecule has 378 valence electrons. The zero-order valence-electron chi connectivity index (χ0n) is 43.2. The van der Waals surface area contributed by atoms with E-state index < -0.39 is 18.1 Å². The van der Waals surface area contributed by atoms with Gasteiger partial charge >= 0.3 is 17.9 Å². The van der Waals surface area contributed by atoms with Gasteiger partial charge in [0.2, 0.25) is 0 Å². The molecule has 0 aromatic carbocycles. The van der Waals surface area contributed by atoms with Gasteiger partial charge in [-0.1, -0.05) is 223 Å². The lowest BCUT2D eigenvalue weighted by Crippen LogP contribution is -2.50. The lowest BCUT2D eigenvalue weighted by atomic mass is 10.0. The average molecular weight is 915 g/mol. The van der Waals surface area contributed by atoms with Crippen LogP contribution in [0.15, 0.2) is 48.6 Å². The number of likely N-dealkylation sites (N-methyl/N-ethyl adjacent to an activating group) is 1. The van der Waals surface area contributed by atoms with Gasteiger partial charge in [-0.15, -0.1) is 0 Å². The van der Waals surface area contributed by atoms with Crippen LogP contribution in [0.5, 0.6) is 0 Å². The van der Waals surface area contributed by atoms with E-state index >= 15 is 0 Å². The zero-order valence-corrected chi connectivity index (χ0v) is 43.2. The van der Waals surface area contributed by atoms with E-state index in [4.69, 9.17) is 14.2 Å². The van der Waals surface area contributed by atoms with Crippen molar-refractivity contribution >= 4 is 17.9 Å². The predicted molar refractivity (Wildman–Crippen MR) is 275 cm³/mol. The SMILES string of the molecule is CC/C=C/C/C=C/C/C=C/C/C=C/CCCCCCCCC(=O)OC(COCCC(C(=O)O)[N+](C)(C)C)COC(=O)CCCCCCCCCCCCCCCCCCCCCCCC. The number of ether oxygens (including phenoxy) is 3. The van der Waals surface area contributed by atoms with E-state index in [9.17, 15) is 19.5 Å². The smallest absolute Gasteiger partial charge is 0.362 e. The molecular weight excluding hydrogens is 811 g/mol. The second kappa shape index (κ2) is 47.8. The van der Waals surface area contributed by atoms with Gasteiger partial charge in [-0.3, -0.25) is 9.59 Å². The van der Waals surface area contributed by atoms with E-state index in [1.807, 2.05) is 21.1 Å². The number of carboxylic acid groups (broad SMARTS) is 1. The molecule has 0 saturated heterocycles. The van der Waals surface area contributed by atoms with Crippen LogP contribution in [0.3, 0.4) is 0 Å². The first-order chi connectivity index (χ1) is 31.6. The lowest BCUT2D eigenvalue weighted by Gasteiger charge is -2.31. The van der Waals surface area contributed by atoms with Gasteiger partial charge < -0.3 is 23.8 Å². The Kier molecular flexibility index (Phi) is 45.8. The second-order valence-electron chi connectivity index (χ2n) is 19.5. The van der Waals surface area contributed by atoms with Gasteiger partial charge in [-0.05, 0) is 51.4 Å². The fourth-order valence-electron chi connectivity index (χ4n) is 8.09. The van der Waals surface area contributed by atoms with Gasteiger partial charge in [-0.2, -0.15) is 0 Å². The molecule has 8 heteroatoms.